The molecule has 3 heteroatoms. The highest BCUT2D eigenvalue weighted by molar-refractivity contribution is 6.19. The highest BCUT2D eigenvalue weighted by Gasteiger charge is 2.47. The van der Waals surface area contributed by atoms with Crippen LogP contribution in [0, 0.1) is 6.92 Å². The average molecular weight is 651 g/mol. The van der Waals surface area contributed by atoms with Crippen LogP contribution in [-0.4, -0.2) is 9.13 Å². The molecule has 4 heterocycles. The quantitative estimate of drug-likeness (QED) is 0.168. The Hall–Kier alpha value is -5.41. The molecule has 9 rings (SSSR count). The summed E-state index contributed by atoms with van der Waals surface area (Å²) >= 11 is 0. The van der Waals surface area contributed by atoms with E-state index in [9.17, 15) is 0 Å². The molecule has 0 saturated heterocycles. The predicted molar refractivity (Wildman–Crippen MR) is 212 cm³/mol. The van der Waals surface area contributed by atoms with Gasteiger partial charge in [0.15, 0.2) is 11.7 Å². The lowest BCUT2D eigenvalue weighted by atomic mass is 9.75. The number of pyridine rings is 1. The molecule has 0 saturated carbocycles. The Morgan fingerprint density at radius 1 is 0.600 bits per heavy atom. The first-order valence-corrected chi connectivity index (χ1v) is 18.1. The van der Waals surface area contributed by atoms with Crippen molar-refractivity contribution in [1.29, 1.82) is 0 Å². The van der Waals surface area contributed by atoms with Gasteiger partial charge in [-0.3, -0.25) is 0 Å². The summed E-state index contributed by atoms with van der Waals surface area (Å²) < 4.78 is 7.43. The molecule has 50 heavy (non-hydrogen) atoms. The van der Waals surface area contributed by atoms with Crippen molar-refractivity contribution in [2.75, 3.05) is 0 Å². The fraction of sp³-hybridized carbons (Fsp3) is 0.213. The molecule has 1 aliphatic rings. The van der Waals surface area contributed by atoms with Crippen molar-refractivity contribution in [3.8, 4) is 22.6 Å². The third kappa shape index (κ3) is 4.13. The summed E-state index contributed by atoms with van der Waals surface area (Å²) in [6, 6.07) is 43.1. The Kier molecular flexibility index (Phi) is 6.61. The van der Waals surface area contributed by atoms with Gasteiger partial charge in [0.25, 0.3) is 0 Å². The van der Waals surface area contributed by atoms with Gasteiger partial charge >= 0.3 is 0 Å². The minimum absolute atomic E-state index is 0.0520. The van der Waals surface area contributed by atoms with E-state index in [2.05, 4.69) is 177 Å². The number of para-hydroxylation sites is 2. The lowest BCUT2D eigenvalue weighted by molar-refractivity contribution is -0.741. The molecule has 3 nitrogen and oxygen atoms in total. The second kappa shape index (κ2) is 10.8. The monoisotopic (exact) mass is 650 g/mol. The number of rotatable bonds is 4. The Labute approximate surface area is 294 Å². The predicted octanol–water partition coefficient (Wildman–Crippen LogP) is 12.0. The second-order valence-electron chi connectivity index (χ2n) is 15.2. The minimum atomic E-state index is -0.133. The van der Waals surface area contributed by atoms with E-state index < -0.39 is 0 Å². The van der Waals surface area contributed by atoms with Crippen LogP contribution < -0.4 is 4.57 Å². The van der Waals surface area contributed by atoms with E-state index in [0.29, 0.717) is 0 Å². The lowest BCUT2D eigenvalue weighted by Gasteiger charge is -2.35. The molecular formula is C47H44N3+. The van der Waals surface area contributed by atoms with E-state index in [4.69, 9.17) is 6.58 Å². The largest absolute Gasteiger partial charge is 0.309 e. The summed E-state index contributed by atoms with van der Waals surface area (Å²) in [6.45, 7) is 18.5. The van der Waals surface area contributed by atoms with Crippen LogP contribution in [0.2, 0.25) is 0 Å². The van der Waals surface area contributed by atoms with Gasteiger partial charge in [-0.15, -0.1) is 0 Å². The fourth-order valence-corrected chi connectivity index (χ4v) is 8.94. The van der Waals surface area contributed by atoms with Crippen molar-refractivity contribution in [2.24, 2.45) is 0 Å². The third-order valence-corrected chi connectivity index (χ3v) is 11.7. The number of benzene rings is 5. The van der Waals surface area contributed by atoms with Crippen LogP contribution in [0.5, 0.6) is 0 Å². The summed E-state index contributed by atoms with van der Waals surface area (Å²) in [5.41, 5.74) is 14.8. The van der Waals surface area contributed by atoms with Crippen molar-refractivity contribution in [2.45, 2.75) is 65.3 Å². The maximum atomic E-state index is 4.76. The summed E-state index contributed by atoms with van der Waals surface area (Å²) in [6.07, 6.45) is 4.27. The molecular weight excluding hydrogens is 607 g/mol. The van der Waals surface area contributed by atoms with Crippen LogP contribution in [-0.2, 0) is 11.0 Å². The van der Waals surface area contributed by atoms with Gasteiger partial charge in [-0.2, -0.15) is 4.57 Å². The van der Waals surface area contributed by atoms with Gasteiger partial charge < -0.3 is 9.13 Å². The smallest absolute Gasteiger partial charge is 0.216 e. The summed E-state index contributed by atoms with van der Waals surface area (Å²) in [5, 5.41) is 5.11. The molecule has 0 bridgehead atoms. The van der Waals surface area contributed by atoms with Crippen molar-refractivity contribution in [3.05, 3.63) is 145 Å². The van der Waals surface area contributed by atoms with E-state index in [-0.39, 0.29) is 11.0 Å². The molecule has 8 aromatic rings. The zero-order chi connectivity index (χ0) is 34.5. The molecule has 0 radical (unpaired) electrons. The molecule has 0 N–H and O–H groups in total. The number of nitrogens with zero attached hydrogens (tertiary/aromatic N) is 3. The van der Waals surface area contributed by atoms with Crippen LogP contribution in [0.15, 0.2) is 128 Å². The van der Waals surface area contributed by atoms with E-state index >= 15 is 0 Å². The molecule has 5 aromatic carbocycles. The van der Waals surface area contributed by atoms with E-state index in [1.165, 1.54) is 82.8 Å². The zero-order valence-corrected chi connectivity index (χ0v) is 30.0. The summed E-state index contributed by atoms with van der Waals surface area (Å²) in [4.78, 5) is 0. The molecule has 0 fully saturated rings. The van der Waals surface area contributed by atoms with E-state index in [1.807, 2.05) is 0 Å². The zero-order valence-electron chi connectivity index (χ0n) is 30.0. The minimum Gasteiger partial charge on any atom is -0.309 e. The first kappa shape index (κ1) is 30.6. The lowest BCUT2D eigenvalue weighted by Crippen LogP contribution is -2.59. The van der Waals surface area contributed by atoms with Crippen LogP contribution in [0.3, 0.4) is 0 Å². The van der Waals surface area contributed by atoms with Crippen LogP contribution in [0.4, 0.5) is 0 Å². The van der Waals surface area contributed by atoms with Crippen molar-refractivity contribution < 1.29 is 4.57 Å². The molecule has 0 spiro atoms. The highest BCUT2D eigenvalue weighted by Crippen LogP contribution is 2.46. The fourth-order valence-electron chi connectivity index (χ4n) is 8.94. The standard InChI is InChI=1S/C47H44N3/c1-8-47(9-2)31(4)35-23-22-34(27-40(35)45-30(3)16-15-25-48(45)47)50-41-20-14-13-19-36(41)38-28-39-37-26-32(46(5,6)7)21-24-42(37)49(44(39)29-43(38)50)33-17-11-10-12-18-33/h10-29H,4,8-9H2,1-3,5-7H3/q+1. The van der Waals surface area contributed by atoms with Crippen LogP contribution in [0.1, 0.15) is 64.2 Å². The van der Waals surface area contributed by atoms with Crippen molar-refractivity contribution >= 4 is 49.2 Å². The Bertz CT molecular complexity index is 2670. The molecule has 0 unspecified atom stereocenters. The Balaban J connectivity index is 1.38. The van der Waals surface area contributed by atoms with Crippen LogP contribution >= 0.6 is 0 Å². The molecule has 0 atom stereocenters. The van der Waals surface area contributed by atoms with Gasteiger partial charge in [0.05, 0.1) is 27.6 Å². The average Bonchev–Trinajstić information content (AvgIpc) is 3.62. The normalized spacial score (nSPS) is 14.2. The summed E-state index contributed by atoms with van der Waals surface area (Å²) in [5.74, 6) is 0. The highest BCUT2D eigenvalue weighted by atomic mass is 15.1. The topological polar surface area (TPSA) is 13.7 Å². The number of hydrogen-bond acceptors (Lipinski definition) is 0. The van der Waals surface area contributed by atoms with Crippen molar-refractivity contribution in [1.82, 2.24) is 9.13 Å². The van der Waals surface area contributed by atoms with Crippen LogP contribution in [0.25, 0.3) is 71.8 Å². The van der Waals surface area contributed by atoms with E-state index in [0.717, 1.165) is 18.5 Å². The number of fused-ring (bicyclic) bond motifs is 9. The van der Waals surface area contributed by atoms with E-state index in [1.54, 1.807) is 0 Å². The maximum Gasteiger partial charge on any atom is 0.216 e. The SMILES string of the molecule is C=C1c2ccc(-n3c4ccccc4c4cc5c6cc(C(C)(C)C)ccc6n(-c6ccccc6)c5cc43)cc2-c2c(C)ccc[n+]2C1(CC)CC. The van der Waals surface area contributed by atoms with Gasteiger partial charge in [0.1, 0.15) is 0 Å². The molecule has 0 aliphatic carbocycles. The number of allylic oxidation sites excluding steroid dienone is 1. The van der Waals surface area contributed by atoms with Gasteiger partial charge in [-0.25, -0.2) is 0 Å². The summed E-state index contributed by atoms with van der Waals surface area (Å²) in [7, 11) is 0. The Morgan fingerprint density at radius 3 is 2.00 bits per heavy atom. The number of aromatic nitrogens is 3. The molecule has 0 amide bonds. The van der Waals surface area contributed by atoms with Gasteiger partial charge in [0.2, 0.25) is 5.69 Å². The molecule has 1 aliphatic heterocycles. The molecule has 3 aromatic heterocycles. The van der Waals surface area contributed by atoms with Gasteiger partial charge in [0, 0.05) is 63.0 Å². The second-order valence-corrected chi connectivity index (χ2v) is 15.2. The first-order valence-electron chi connectivity index (χ1n) is 18.1. The van der Waals surface area contributed by atoms with Gasteiger partial charge in [-0.05, 0) is 84.1 Å². The number of aryl methyl sites for hydroxylation is 1. The first-order chi connectivity index (χ1) is 24.2. The molecule has 246 valence electrons. The third-order valence-electron chi connectivity index (χ3n) is 11.7. The number of hydrogen-bond donors (Lipinski definition) is 0. The van der Waals surface area contributed by atoms with Crippen molar-refractivity contribution in [3.63, 3.8) is 0 Å². The Morgan fingerprint density at radius 2 is 1.26 bits per heavy atom. The maximum absolute atomic E-state index is 4.76. The van der Waals surface area contributed by atoms with Gasteiger partial charge in [-0.1, -0.05) is 89.7 Å².